The van der Waals surface area contributed by atoms with Gasteiger partial charge in [0.05, 0.1) is 6.54 Å². The van der Waals surface area contributed by atoms with Gasteiger partial charge in [-0.25, -0.2) is 14.2 Å². The lowest BCUT2D eigenvalue weighted by atomic mass is 10.0. The minimum Gasteiger partial charge on any atom is -0.368 e. The molecule has 1 fully saturated rings. The van der Waals surface area contributed by atoms with Gasteiger partial charge >= 0.3 is 6.03 Å². The molecule has 8 nitrogen and oxygen atoms in total. The first-order valence-corrected chi connectivity index (χ1v) is 9.73. The van der Waals surface area contributed by atoms with E-state index in [1.165, 1.54) is 0 Å². The number of halogens is 1. The van der Waals surface area contributed by atoms with Crippen LogP contribution in [0.25, 0.3) is 0 Å². The Hall–Kier alpha value is -2.97. The van der Waals surface area contributed by atoms with Crippen LogP contribution in [0.2, 0.25) is 0 Å². The fraction of sp³-hybridized carbons (Fsp3) is 0.474. The molecule has 4 heterocycles. The van der Waals surface area contributed by atoms with Gasteiger partial charge in [-0.2, -0.15) is 0 Å². The lowest BCUT2D eigenvalue weighted by molar-refractivity contribution is 0.207. The number of fused-ring (bicyclic) bond motifs is 1. The van der Waals surface area contributed by atoms with E-state index < -0.39 is 0 Å². The highest BCUT2D eigenvalue weighted by Crippen LogP contribution is 2.24. The summed E-state index contributed by atoms with van der Waals surface area (Å²) >= 11 is 0. The summed E-state index contributed by atoms with van der Waals surface area (Å²) < 4.78 is 14.3. The largest absolute Gasteiger partial charge is 0.368 e. The van der Waals surface area contributed by atoms with Gasteiger partial charge in [0.15, 0.2) is 11.6 Å². The smallest absolute Gasteiger partial charge is 0.317 e. The maximum Gasteiger partial charge on any atom is 0.317 e. The number of likely N-dealkylation sites (tertiary alicyclic amines) is 1. The second-order valence-corrected chi connectivity index (χ2v) is 7.19. The third-order valence-electron chi connectivity index (χ3n) is 5.26. The molecular formula is C19H26FN7O. The SMILES string of the molecule is CCNC(=O)N1CC[C@H](CNC2=C(F)CNC(C3=CNC4NC=CC=C34)=N2)C1. The molecule has 28 heavy (non-hydrogen) atoms. The van der Waals surface area contributed by atoms with Gasteiger partial charge in [0.1, 0.15) is 12.0 Å². The molecule has 0 spiro atoms. The molecule has 0 aliphatic carbocycles. The highest BCUT2D eigenvalue weighted by atomic mass is 19.1. The molecule has 9 heteroatoms. The third-order valence-corrected chi connectivity index (χ3v) is 5.26. The molecule has 2 atom stereocenters. The molecule has 4 aliphatic heterocycles. The van der Waals surface area contributed by atoms with Gasteiger partial charge < -0.3 is 31.5 Å². The number of hydrogen-bond donors (Lipinski definition) is 5. The van der Waals surface area contributed by atoms with Crippen molar-refractivity contribution >= 4 is 11.9 Å². The summed E-state index contributed by atoms with van der Waals surface area (Å²) in [5.41, 5.74) is 2.00. The fourth-order valence-electron chi connectivity index (χ4n) is 3.76. The molecule has 0 radical (unpaired) electrons. The summed E-state index contributed by atoms with van der Waals surface area (Å²) in [6.07, 6.45) is 8.65. The lowest BCUT2D eigenvalue weighted by Crippen LogP contribution is -2.39. The van der Waals surface area contributed by atoms with Crippen molar-refractivity contribution in [1.29, 1.82) is 0 Å². The number of allylic oxidation sites excluding steroid dienone is 2. The van der Waals surface area contributed by atoms with E-state index in [0.29, 0.717) is 25.5 Å². The highest BCUT2D eigenvalue weighted by molar-refractivity contribution is 6.04. The van der Waals surface area contributed by atoms with Crippen LogP contribution in [0.3, 0.4) is 0 Å². The maximum absolute atomic E-state index is 14.3. The number of amidine groups is 1. The Bertz CT molecular complexity index is 798. The Labute approximate surface area is 163 Å². The summed E-state index contributed by atoms with van der Waals surface area (Å²) in [5, 5.41) is 15.5. The Morgan fingerprint density at radius 2 is 2.32 bits per heavy atom. The number of hydrogen-bond acceptors (Lipinski definition) is 6. The summed E-state index contributed by atoms with van der Waals surface area (Å²) in [6, 6.07) is -0.0313. The number of urea groups is 1. The zero-order valence-electron chi connectivity index (χ0n) is 15.9. The van der Waals surface area contributed by atoms with E-state index in [0.717, 1.165) is 24.1 Å². The number of nitrogens with zero attached hydrogens (tertiary/aromatic N) is 2. The van der Waals surface area contributed by atoms with E-state index in [-0.39, 0.29) is 36.3 Å². The topological polar surface area (TPSA) is 92.8 Å². The minimum absolute atomic E-state index is 0.0235. The molecule has 0 saturated carbocycles. The summed E-state index contributed by atoms with van der Waals surface area (Å²) in [6.45, 7) is 4.61. The van der Waals surface area contributed by atoms with Crippen LogP contribution in [0.5, 0.6) is 0 Å². The molecule has 5 N–H and O–H groups in total. The zero-order chi connectivity index (χ0) is 19.5. The summed E-state index contributed by atoms with van der Waals surface area (Å²) in [4.78, 5) is 18.2. The molecular weight excluding hydrogens is 361 g/mol. The fourth-order valence-corrected chi connectivity index (χ4v) is 3.76. The number of nitrogens with one attached hydrogen (secondary N) is 5. The molecule has 0 aromatic heterocycles. The van der Waals surface area contributed by atoms with Gasteiger partial charge in [-0.3, -0.25) is 0 Å². The van der Waals surface area contributed by atoms with Crippen molar-refractivity contribution < 1.29 is 9.18 Å². The number of rotatable bonds is 5. The Kier molecular flexibility index (Phi) is 5.23. The summed E-state index contributed by atoms with van der Waals surface area (Å²) in [7, 11) is 0. The molecule has 4 rings (SSSR count). The quantitative estimate of drug-likeness (QED) is 0.477. The molecule has 150 valence electrons. The van der Waals surface area contributed by atoms with Crippen LogP contribution in [0.4, 0.5) is 9.18 Å². The van der Waals surface area contributed by atoms with Crippen LogP contribution in [0, 0.1) is 5.92 Å². The van der Waals surface area contributed by atoms with Crippen molar-refractivity contribution in [3.8, 4) is 0 Å². The van der Waals surface area contributed by atoms with E-state index in [1.807, 2.05) is 36.4 Å². The number of carbonyl (C=O) groups excluding carboxylic acids is 1. The van der Waals surface area contributed by atoms with Gasteiger partial charge in [-0.1, -0.05) is 6.08 Å². The molecule has 4 aliphatic rings. The third kappa shape index (κ3) is 3.69. The van der Waals surface area contributed by atoms with E-state index in [1.54, 1.807) is 0 Å². The number of dihydropyridines is 1. The van der Waals surface area contributed by atoms with Crippen molar-refractivity contribution in [2.45, 2.75) is 19.5 Å². The van der Waals surface area contributed by atoms with E-state index >= 15 is 0 Å². The second kappa shape index (κ2) is 7.95. The van der Waals surface area contributed by atoms with Gasteiger partial charge in [0.2, 0.25) is 0 Å². The molecule has 0 aromatic carbocycles. The normalized spacial score (nSPS) is 25.8. The van der Waals surface area contributed by atoms with E-state index in [4.69, 9.17) is 0 Å². The first-order chi connectivity index (χ1) is 13.7. The summed E-state index contributed by atoms with van der Waals surface area (Å²) in [5.74, 6) is 0.900. The van der Waals surface area contributed by atoms with Gasteiger partial charge in [-0.15, -0.1) is 0 Å². The average molecular weight is 387 g/mol. The molecule has 0 aromatic rings. The van der Waals surface area contributed by atoms with E-state index in [9.17, 15) is 9.18 Å². The average Bonchev–Trinajstić information content (AvgIpc) is 3.35. The molecule has 1 saturated heterocycles. The van der Waals surface area contributed by atoms with Gasteiger partial charge in [0.25, 0.3) is 0 Å². The van der Waals surface area contributed by atoms with E-state index in [2.05, 4.69) is 31.6 Å². The molecule has 1 unspecified atom stereocenters. The Morgan fingerprint density at radius 3 is 3.18 bits per heavy atom. The van der Waals surface area contributed by atoms with Crippen LogP contribution in [0.15, 0.2) is 52.3 Å². The maximum atomic E-state index is 14.3. The van der Waals surface area contributed by atoms with Crippen LogP contribution >= 0.6 is 0 Å². The van der Waals surface area contributed by atoms with Crippen molar-refractivity contribution in [3.05, 3.63) is 47.3 Å². The van der Waals surface area contributed by atoms with Crippen molar-refractivity contribution in [2.75, 3.05) is 32.7 Å². The van der Waals surface area contributed by atoms with Gasteiger partial charge in [-0.05, 0) is 31.5 Å². The van der Waals surface area contributed by atoms with Crippen molar-refractivity contribution in [3.63, 3.8) is 0 Å². The highest BCUT2D eigenvalue weighted by Gasteiger charge is 2.29. The van der Waals surface area contributed by atoms with Crippen LogP contribution in [-0.4, -0.2) is 55.7 Å². The van der Waals surface area contributed by atoms with Crippen LogP contribution in [0.1, 0.15) is 13.3 Å². The zero-order valence-corrected chi connectivity index (χ0v) is 15.9. The van der Waals surface area contributed by atoms with Crippen LogP contribution in [-0.2, 0) is 0 Å². The molecule has 0 bridgehead atoms. The molecule has 2 amide bonds. The standard InChI is InChI=1S/C19H26FN7O/c1-2-21-19(28)27-7-5-12(11-27)8-23-18-15(20)10-25-17(26-18)14-9-24-16-13(14)4-3-6-22-16/h3-4,6,9,12,16,22-24H,2,5,7-8,10-11H2,1H3,(H,21,28)(H,25,26)/t12-,16?/m1/s1. The minimum atomic E-state index is -0.305. The Balaban J connectivity index is 1.38. The van der Waals surface area contributed by atoms with Crippen molar-refractivity contribution in [2.24, 2.45) is 10.9 Å². The number of carbonyl (C=O) groups is 1. The Morgan fingerprint density at radius 1 is 1.43 bits per heavy atom. The second-order valence-electron chi connectivity index (χ2n) is 7.19. The van der Waals surface area contributed by atoms with Crippen LogP contribution < -0.4 is 26.6 Å². The number of aliphatic imine (C=N–C) groups is 1. The number of amides is 2. The first kappa shape index (κ1) is 18.4. The monoisotopic (exact) mass is 387 g/mol. The first-order valence-electron chi connectivity index (χ1n) is 9.73. The predicted molar refractivity (Wildman–Crippen MR) is 106 cm³/mol. The predicted octanol–water partition coefficient (Wildman–Crippen LogP) is 0.624. The lowest BCUT2D eigenvalue weighted by Gasteiger charge is -2.22. The van der Waals surface area contributed by atoms with Crippen molar-refractivity contribution in [1.82, 2.24) is 31.5 Å². The van der Waals surface area contributed by atoms with Gasteiger partial charge in [0, 0.05) is 43.5 Å².